The Balaban J connectivity index is 1.74. The van der Waals surface area contributed by atoms with E-state index in [-0.39, 0.29) is 18.7 Å². The summed E-state index contributed by atoms with van der Waals surface area (Å²) in [7, 11) is 0. The van der Waals surface area contributed by atoms with Gasteiger partial charge in [-0.2, -0.15) is 0 Å². The first-order chi connectivity index (χ1) is 13.7. The third-order valence-electron chi connectivity index (χ3n) is 5.08. The number of amides is 1. The second-order valence-electron chi connectivity index (χ2n) is 8.60. The molecule has 0 spiro atoms. The Morgan fingerprint density at radius 1 is 1.21 bits per heavy atom. The van der Waals surface area contributed by atoms with Crippen molar-refractivity contribution in [3.63, 3.8) is 0 Å². The zero-order valence-corrected chi connectivity index (χ0v) is 17.4. The molecule has 29 heavy (non-hydrogen) atoms. The highest BCUT2D eigenvalue weighted by Crippen LogP contribution is 2.26. The number of halogens is 1. The molecule has 2 aliphatic heterocycles. The van der Waals surface area contributed by atoms with Gasteiger partial charge >= 0.3 is 6.09 Å². The van der Waals surface area contributed by atoms with Crippen molar-refractivity contribution < 1.29 is 28.2 Å². The number of carbonyl (C=O) groups excluding carboxylic acids is 2. The van der Waals surface area contributed by atoms with Crippen molar-refractivity contribution in [1.29, 1.82) is 0 Å². The van der Waals surface area contributed by atoms with E-state index < -0.39 is 23.6 Å². The summed E-state index contributed by atoms with van der Waals surface area (Å²) in [5.74, 6) is -0.642. The van der Waals surface area contributed by atoms with Crippen molar-refractivity contribution in [1.82, 2.24) is 4.90 Å². The lowest BCUT2D eigenvalue weighted by Crippen LogP contribution is -2.43. The molecule has 2 heterocycles. The predicted molar refractivity (Wildman–Crippen MR) is 105 cm³/mol. The Hall–Kier alpha value is -1.99. The molecule has 0 N–H and O–H groups in total. The van der Waals surface area contributed by atoms with Crippen molar-refractivity contribution in [2.45, 2.75) is 77.4 Å². The Bertz CT molecular complexity index is 739. The maximum Gasteiger partial charge on any atom is 0.410 e. The van der Waals surface area contributed by atoms with Crippen LogP contribution in [0.3, 0.4) is 0 Å². The van der Waals surface area contributed by atoms with Crippen LogP contribution in [0.5, 0.6) is 0 Å². The standard InChI is InChI=1S/C22H30FNO5/c1-22(2,3)29-21(26)24-11-6-7-18(24)20(25)17-10-9-16(23)13-15(17)14-28-19-8-4-5-12-27-19/h9-10,13,18-19H,4-8,11-12,14H2,1-3H3/t18-,19-/m1/s1. The summed E-state index contributed by atoms with van der Waals surface area (Å²) in [6.07, 6.45) is 3.26. The predicted octanol–water partition coefficient (Wildman–Crippen LogP) is 4.45. The molecule has 0 unspecified atom stereocenters. The van der Waals surface area contributed by atoms with Gasteiger partial charge in [0.2, 0.25) is 0 Å². The quantitative estimate of drug-likeness (QED) is 0.675. The van der Waals surface area contributed by atoms with Gasteiger partial charge in [0.25, 0.3) is 0 Å². The maximum absolute atomic E-state index is 13.9. The highest BCUT2D eigenvalue weighted by molar-refractivity contribution is 6.02. The second-order valence-corrected chi connectivity index (χ2v) is 8.60. The Kier molecular flexibility index (Phi) is 6.90. The molecule has 2 atom stereocenters. The first-order valence-electron chi connectivity index (χ1n) is 10.3. The van der Waals surface area contributed by atoms with Gasteiger partial charge in [0.05, 0.1) is 12.6 Å². The maximum atomic E-state index is 13.9. The molecule has 0 aliphatic carbocycles. The fourth-order valence-corrected chi connectivity index (χ4v) is 3.71. The van der Waals surface area contributed by atoms with Crippen LogP contribution in [0.1, 0.15) is 68.8 Å². The number of carbonyl (C=O) groups is 2. The third-order valence-corrected chi connectivity index (χ3v) is 5.08. The Morgan fingerprint density at radius 3 is 2.69 bits per heavy atom. The summed E-state index contributed by atoms with van der Waals surface area (Å²) >= 11 is 0. The molecule has 1 aromatic carbocycles. The number of hydrogen-bond acceptors (Lipinski definition) is 5. The minimum absolute atomic E-state index is 0.0860. The lowest BCUT2D eigenvalue weighted by atomic mass is 9.97. The molecule has 1 amide bonds. The lowest BCUT2D eigenvalue weighted by molar-refractivity contribution is -0.169. The van der Waals surface area contributed by atoms with Gasteiger partial charge in [-0.3, -0.25) is 9.69 Å². The highest BCUT2D eigenvalue weighted by atomic mass is 19.1. The van der Waals surface area contributed by atoms with E-state index in [1.165, 1.54) is 23.1 Å². The van der Waals surface area contributed by atoms with Gasteiger partial charge in [-0.15, -0.1) is 0 Å². The van der Waals surface area contributed by atoms with Gasteiger partial charge in [0.1, 0.15) is 11.4 Å². The van der Waals surface area contributed by atoms with E-state index in [9.17, 15) is 14.0 Å². The van der Waals surface area contributed by atoms with Crippen molar-refractivity contribution in [2.24, 2.45) is 0 Å². The van der Waals surface area contributed by atoms with Crippen molar-refractivity contribution in [3.8, 4) is 0 Å². The normalized spacial score (nSPS) is 22.6. The van der Waals surface area contributed by atoms with Gasteiger partial charge in [-0.25, -0.2) is 9.18 Å². The number of nitrogens with zero attached hydrogens (tertiary/aromatic N) is 1. The van der Waals surface area contributed by atoms with Crippen LogP contribution >= 0.6 is 0 Å². The summed E-state index contributed by atoms with van der Waals surface area (Å²) in [6.45, 7) is 6.57. The fourth-order valence-electron chi connectivity index (χ4n) is 3.71. The highest BCUT2D eigenvalue weighted by Gasteiger charge is 2.37. The smallest absolute Gasteiger partial charge is 0.410 e. The molecule has 1 aromatic rings. The molecule has 7 heteroatoms. The van der Waals surface area contributed by atoms with Crippen LogP contribution < -0.4 is 0 Å². The zero-order valence-electron chi connectivity index (χ0n) is 17.4. The largest absolute Gasteiger partial charge is 0.444 e. The van der Waals surface area contributed by atoms with Gasteiger partial charge in [0, 0.05) is 18.7 Å². The molecular weight excluding hydrogens is 377 g/mol. The lowest BCUT2D eigenvalue weighted by Gasteiger charge is -2.28. The molecular formula is C22H30FNO5. The van der Waals surface area contributed by atoms with Gasteiger partial charge < -0.3 is 14.2 Å². The molecule has 6 nitrogen and oxygen atoms in total. The fraction of sp³-hybridized carbons (Fsp3) is 0.636. The summed E-state index contributed by atoms with van der Waals surface area (Å²) in [5, 5.41) is 0. The van der Waals surface area contributed by atoms with E-state index >= 15 is 0 Å². The monoisotopic (exact) mass is 407 g/mol. The number of ether oxygens (including phenoxy) is 3. The molecule has 2 saturated heterocycles. The molecule has 0 bridgehead atoms. The van der Waals surface area contributed by atoms with E-state index in [0.717, 1.165) is 25.7 Å². The minimum atomic E-state index is -0.637. The van der Waals surface area contributed by atoms with Crippen LogP contribution in [0.15, 0.2) is 18.2 Å². The summed E-state index contributed by atoms with van der Waals surface area (Å²) in [5.41, 5.74) is 0.213. The van der Waals surface area contributed by atoms with Crippen molar-refractivity contribution >= 4 is 11.9 Å². The van der Waals surface area contributed by atoms with Crippen LogP contribution in [0, 0.1) is 5.82 Å². The first-order valence-corrected chi connectivity index (χ1v) is 10.3. The molecule has 2 aliphatic rings. The van der Waals surface area contributed by atoms with Crippen LogP contribution in [0.25, 0.3) is 0 Å². The van der Waals surface area contributed by atoms with Crippen molar-refractivity contribution in [3.05, 3.63) is 35.1 Å². The Morgan fingerprint density at radius 2 is 2.00 bits per heavy atom. The summed E-state index contributed by atoms with van der Waals surface area (Å²) in [4.78, 5) is 27.3. The minimum Gasteiger partial charge on any atom is -0.444 e. The number of ketones is 1. The summed E-state index contributed by atoms with van der Waals surface area (Å²) in [6, 6.07) is 3.45. The Labute approximate surface area is 171 Å². The van der Waals surface area contributed by atoms with E-state index in [2.05, 4.69) is 0 Å². The molecule has 0 radical (unpaired) electrons. The molecule has 3 rings (SSSR count). The zero-order chi connectivity index (χ0) is 21.0. The van der Waals surface area contributed by atoms with Crippen LogP contribution in [-0.4, -0.2) is 47.9 Å². The average Bonchev–Trinajstić information content (AvgIpc) is 3.15. The van der Waals surface area contributed by atoms with E-state index in [1.807, 2.05) is 0 Å². The first kappa shape index (κ1) is 21.7. The topological polar surface area (TPSA) is 65.1 Å². The number of benzene rings is 1. The van der Waals surface area contributed by atoms with Crippen molar-refractivity contribution in [2.75, 3.05) is 13.2 Å². The van der Waals surface area contributed by atoms with Crippen LogP contribution in [-0.2, 0) is 20.8 Å². The SMILES string of the molecule is CC(C)(C)OC(=O)N1CCC[C@@H]1C(=O)c1ccc(F)cc1CO[C@@H]1CCCCO1. The van der Waals surface area contributed by atoms with Crippen LogP contribution in [0.4, 0.5) is 9.18 Å². The number of rotatable bonds is 5. The molecule has 160 valence electrons. The average molecular weight is 407 g/mol. The second kappa shape index (κ2) is 9.22. The van der Waals surface area contributed by atoms with Gasteiger partial charge in [-0.05, 0) is 76.6 Å². The molecule has 0 aromatic heterocycles. The number of hydrogen-bond donors (Lipinski definition) is 0. The van der Waals surface area contributed by atoms with Gasteiger partial charge in [0.15, 0.2) is 12.1 Å². The number of Topliss-reactive ketones (excluding diaryl/α,β-unsaturated/α-hetero) is 1. The van der Waals surface area contributed by atoms with E-state index in [1.54, 1.807) is 20.8 Å². The molecule has 0 saturated carbocycles. The van der Waals surface area contributed by atoms with E-state index in [0.29, 0.717) is 30.7 Å². The van der Waals surface area contributed by atoms with E-state index in [4.69, 9.17) is 14.2 Å². The van der Waals surface area contributed by atoms with Crippen LogP contribution in [0.2, 0.25) is 0 Å². The number of likely N-dealkylation sites (tertiary alicyclic amines) is 1. The molecule has 2 fully saturated rings. The third kappa shape index (κ3) is 5.76. The van der Waals surface area contributed by atoms with Gasteiger partial charge in [-0.1, -0.05) is 0 Å². The summed E-state index contributed by atoms with van der Waals surface area (Å²) < 4.78 is 30.6.